The molecule has 0 aliphatic rings. The SMILES string of the molecule is CCN(CC)S(=O)(=O)c1cc(C(=O)N(C)CCOc2cccc(F)c2)ccc1C. The highest BCUT2D eigenvalue weighted by Gasteiger charge is 2.25. The smallest absolute Gasteiger partial charge is 0.253 e. The number of hydrogen-bond acceptors (Lipinski definition) is 4. The number of amides is 1. The molecule has 29 heavy (non-hydrogen) atoms. The molecule has 0 heterocycles. The highest BCUT2D eigenvalue weighted by molar-refractivity contribution is 7.89. The van der Waals surface area contributed by atoms with E-state index >= 15 is 0 Å². The van der Waals surface area contributed by atoms with Crippen molar-refractivity contribution < 1.29 is 22.3 Å². The topological polar surface area (TPSA) is 66.9 Å². The Bertz CT molecular complexity index is 959. The van der Waals surface area contributed by atoms with Gasteiger partial charge in [0.05, 0.1) is 11.4 Å². The Balaban J connectivity index is 2.12. The molecule has 0 aliphatic heterocycles. The van der Waals surface area contributed by atoms with Crippen molar-refractivity contribution in [3.63, 3.8) is 0 Å². The Hall–Kier alpha value is -2.45. The Morgan fingerprint density at radius 1 is 1.10 bits per heavy atom. The number of halogens is 1. The van der Waals surface area contributed by atoms with Crippen LogP contribution in [0.4, 0.5) is 4.39 Å². The minimum Gasteiger partial charge on any atom is -0.492 e. The molecule has 0 N–H and O–H groups in total. The molecule has 2 rings (SSSR count). The van der Waals surface area contributed by atoms with Gasteiger partial charge in [-0.1, -0.05) is 26.0 Å². The lowest BCUT2D eigenvalue weighted by molar-refractivity contribution is 0.0773. The summed E-state index contributed by atoms with van der Waals surface area (Å²) < 4.78 is 45.7. The Morgan fingerprint density at radius 3 is 2.41 bits per heavy atom. The number of aryl methyl sites for hydroxylation is 1. The lowest BCUT2D eigenvalue weighted by atomic mass is 10.1. The molecule has 0 fully saturated rings. The maximum absolute atomic E-state index is 13.2. The maximum Gasteiger partial charge on any atom is 0.253 e. The summed E-state index contributed by atoms with van der Waals surface area (Å²) in [5.74, 6) is -0.328. The van der Waals surface area contributed by atoms with E-state index in [1.165, 1.54) is 27.4 Å². The third-order valence-electron chi connectivity index (χ3n) is 4.60. The number of rotatable bonds is 9. The number of ether oxygens (including phenoxy) is 1. The Kier molecular flexibility index (Phi) is 7.75. The molecule has 1 amide bonds. The average Bonchev–Trinajstić information content (AvgIpc) is 2.68. The summed E-state index contributed by atoms with van der Waals surface area (Å²) in [6, 6.07) is 10.5. The van der Waals surface area contributed by atoms with Crippen LogP contribution in [-0.2, 0) is 10.0 Å². The van der Waals surface area contributed by atoms with Crippen LogP contribution in [0, 0.1) is 12.7 Å². The number of benzene rings is 2. The molecule has 8 heteroatoms. The molecule has 0 saturated carbocycles. The van der Waals surface area contributed by atoms with Gasteiger partial charge in [-0.05, 0) is 36.8 Å². The predicted molar refractivity (Wildman–Crippen MR) is 110 cm³/mol. The summed E-state index contributed by atoms with van der Waals surface area (Å²) in [5.41, 5.74) is 0.875. The number of likely N-dealkylation sites (N-methyl/N-ethyl adjacent to an activating group) is 1. The molecule has 0 atom stereocenters. The first-order chi connectivity index (χ1) is 13.7. The van der Waals surface area contributed by atoms with E-state index in [-0.39, 0.29) is 29.5 Å². The highest BCUT2D eigenvalue weighted by Crippen LogP contribution is 2.22. The molecule has 2 aromatic carbocycles. The Labute approximate surface area is 171 Å². The second-order valence-electron chi connectivity index (χ2n) is 6.60. The molecule has 158 valence electrons. The summed E-state index contributed by atoms with van der Waals surface area (Å²) in [4.78, 5) is 14.3. The van der Waals surface area contributed by atoms with Crippen molar-refractivity contribution in [2.45, 2.75) is 25.7 Å². The third-order valence-corrected chi connectivity index (χ3v) is 6.79. The van der Waals surface area contributed by atoms with Gasteiger partial charge in [-0.25, -0.2) is 12.8 Å². The van der Waals surface area contributed by atoms with Gasteiger partial charge in [-0.3, -0.25) is 4.79 Å². The average molecular weight is 423 g/mol. The van der Waals surface area contributed by atoms with Gasteiger partial charge in [-0.15, -0.1) is 0 Å². The number of nitrogens with zero attached hydrogens (tertiary/aromatic N) is 2. The van der Waals surface area contributed by atoms with Gasteiger partial charge in [0.25, 0.3) is 5.91 Å². The monoisotopic (exact) mass is 422 g/mol. The van der Waals surface area contributed by atoms with Crippen molar-refractivity contribution in [2.24, 2.45) is 0 Å². The lowest BCUT2D eigenvalue weighted by Crippen LogP contribution is -2.32. The van der Waals surface area contributed by atoms with Crippen molar-refractivity contribution in [3.05, 3.63) is 59.4 Å². The number of carbonyl (C=O) groups is 1. The second kappa shape index (κ2) is 9.84. The van der Waals surface area contributed by atoms with Crippen molar-refractivity contribution in [1.29, 1.82) is 0 Å². The van der Waals surface area contributed by atoms with Gasteiger partial charge < -0.3 is 9.64 Å². The first-order valence-electron chi connectivity index (χ1n) is 9.45. The van der Waals surface area contributed by atoms with Gasteiger partial charge >= 0.3 is 0 Å². The lowest BCUT2D eigenvalue weighted by Gasteiger charge is -2.21. The molecule has 0 unspecified atom stereocenters. The van der Waals surface area contributed by atoms with Crippen molar-refractivity contribution in [1.82, 2.24) is 9.21 Å². The summed E-state index contributed by atoms with van der Waals surface area (Å²) in [5, 5.41) is 0. The van der Waals surface area contributed by atoms with E-state index in [1.54, 1.807) is 52.1 Å². The van der Waals surface area contributed by atoms with Gasteiger partial charge in [0.2, 0.25) is 10.0 Å². The van der Waals surface area contributed by atoms with Crippen molar-refractivity contribution >= 4 is 15.9 Å². The summed E-state index contributed by atoms with van der Waals surface area (Å²) in [7, 11) is -2.06. The second-order valence-corrected chi connectivity index (χ2v) is 8.51. The molecule has 0 saturated heterocycles. The molecule has 0 aromatic heterocycles. The third kappa shape index (κ3) is 5.55. The van der Waals surface area contributed by atoms with Crippen LogP contribution in [-0.4, -0.2) is 56.8 Å². The van der Waals surface area contributed by atoms with Crippen LogP contribution in [0.15, 0.2) is 47.4 Å². The van der Waals surface area contributed by atoms with E-state index < -0.39 is 15.8 Å². The summed E-state index contributed by atoms with van der Waals surface area (Å²) in [6.07, 6.45) is 0. The standard InChI is InChI=1S/C21H27FN2O4S/c1-5-24(6-2)29(26,27)20-14-17(11-10-16(20)3)21(25)23(4)12-13-28-19-9-7-8-18(22)15-19/h7-11,14-15H,5-6,12-13H2,1-4H3. The number of carbonyl (C=O) groups excluding carboxylic acids is 1. The van der Waals surface area contributed by atoms with Crippen LogP contribution in [0.5, 0.6) is 5.75 Å². The first kappa shape index (κ1) is 22.8. The van der Waals surface area contributed by atoms with E-state index in [0.717, 1.165) is 0 Å². The molecule has 6 nitrogen and oxygen atoms in total. The van der Waals surface area contributed by atoms with E-state index in [2.05, 4.69) is 0 Å². The van der Waals surface area contributed by atoms with Gasteiger partial charge in [-0.2, -0.15) is 4.31 Å². The Morgan fingerprint density at radius 2 is 1.79 bits per heavy atom. The van der Waals surface area contributed by atoms with Crippen LogP contribution < -0.4 is 4.74 Å². The zero-order valence-corrected chi connectivity index (χ0v) is 18.0. The fraction of sp³-hybridized carbons (Fsp3) is 0.381. The van der Waals surface area contributed by atoms with Crippen LogP contribution in [0.25, 0.3) is 0 Å². The van der Waals surface area contributed by atoms with Crippen molar-refractivity contribution in [3.8, 4) is 5.75 Å². The first-order valence-corrected chi connectivity index (χ1v) is 10.9. The highest BCUT2D eigenvalue weighted by atomic mass is 32.2. The van der Waals surface area contributed by atoms with Gasteiger partial charge in [0.15, 0.2) is 0 Å². The normalized spacial score (nSPS) is 11.5. The number of sulfonamides is 1. The predicted octanol–water partition coefficient (Wildman–Crippen LogP) is 3.32. The summed E-state index contributed by atoms with van der Waals surface area (Å²) >= 11 is 0. The molecule has 0 bridgehead atoms. The maximum atomic E-state index is 13.2. The van der Waals surface area contributed by atoms with Crippen LogP contribution in [0.1, 0.15) is 29.8 Å². The van der Waals surface area contributed by atoms with Gasteiger partial charge in [0.1, 0.15) is 18.2 Å². The zero-order chi connectivity index (χ0) is 21.6. The summed E-state index contributed by atoms with van der Waals surface area (Å²) in [6.45, 7) is 6.42. The molecule has 0 radical (unpaired) electrons. The molecule has 2 aromatic rings. The van der Waals surface area contributed by atoms with Gasteiger partial charge in [0, 0.05) is 31.8 Å². The number of hydrogen-bond donors (Lipinski definition) is 0. The molecular formula is C21H27FN2O4S. The molecule has 0 spiro atoms. The quantitative estimate of drug-likeness (QED) is 0.622. The van der Waals surface area contributed by atoms with E-state index in [4.69, 9.17) is 4.74 Å². The molecule has 0 aliphatic carbocycles. The fourth-order valence-electron chi connectivity index (χ4n) is 2.89. The minimum atomic E-state index is -3.67. The van der Waals surface area contributed by atoms with Crippen LogP contribution in [0.3, 0.4) is 0 Å². The largest absolute Gasteiger partial charge is 0.492 e. The fourth-order valence-corrected chi connectivity index (χ4v) is 4.60. The van der Waals surface area contributed by atoms with E-state index in [1.807, 2.05) is 0 Å². The van der Waals surface area contributed by atoms with Crippen molar-refractivity contribution in [2.75, 3.05) is 33.3 Å². The minimum absolute atomic E-state index is 0.136. The molecular weight excluding hydrogens is 395 g/mol. The van der Waals surface area contributed by atoms with Crippen LogP contribution in [0.2, 0.25) is 0 Å². The van der Waals surface area contributed by atoms with Crippen LogP contribution >= 0.6 is 0 Å². The zero-order valence-electron chi connectivity index (χ0n) is 17.2. The van der Waals surface area contributed by atoms with E-state index in [0.29, 0.717) is 24.4 Å². The van der Waals surface area contributed by atoms with E-state index in [9.17, 15) is 17.6 Å².